The van der Waals surface area contributed by atoms with E-state index < -0.39 is 0 Å². The van der Waals surface area contributed by atoms with Gasteiger partial charge in [-0.15, -0.1) is 0 Å². The fourth-order valence-corrected chi connectivity index (χ4v) is 3.95. The van der Waals surface area contributed by atoms with Crippen molar-refractivity contribution in [3.05, 3.63) is 35.1 Å². The van der Waals surface area contributed by atoms with Crippen molar-refractivity contribution in [2.45, 2.75) is 45.6 Å². The van der Waals surface area contributed by atoms with Crippen LogP contribution < -0.4 is 5.32 Å². The number of aryl methyl sites for hydroxylation is 1. The number of halogens is 1. The first kappa shape index (κ1) is 13.1. The summed E-state index contributed by atoms with van der Waals surface area (Å²) >= 11 is 0. The Labute approximate surface area is 115 Å². The first-order chi connectivity index (χ1) is 9.22. The van der Waals surface area contributed by atoms with Gasteiger partial charge in [-0.05, 0) is 67.7 Å². The zero-order valence-electron chi connectivity index (χ0n) is 12.0. The summed E-state index contributed by atoms with van der Waals surface area (Å²) in [5, 5.41) is 3.66. The smallest absolute Gasteiger partial charge is 0.126 e. The molecule has 0 bridgehead atoms. The van der Waals surface area contributed by atoms with Crippen LogP contribution in [0.15, 0.2) is 18.2 Å². The zero-order valence-corrected chi connectivity index (χ0v) is 12.0. The molecular formula is C17H24FN. The molecule has 0 heterocycles. The van der Waals surface area contributed by atoms with Gasteiger partial charge in [0.1, 0.15) is 5.82 Å². The van der Waals surface area contributed by atoms with Crippen molar-refractivity contribution in [2.75, 3.05) is 6.54 Å². The van der Waals surface area contributed by atoms with Gasteiger partial charge in [0.15, 0.2) is 0 Å². The van der Waals surface area contributed by atoms with Crippen molar-refractivity contribution >= 4 is 0 Å². The van der Waals surface area contributed by atoms with Crippen LogP contribution in [0.4, 0.5) is 4.39 Å². The normalized spacial score (nSPS) is 30.2. The summed E-state index contributed by atoms with van der Waals surface area (Å²) < 4.78 is 13.8. The number of nitrogens with one attached hydrogen (secondary N) is 1. The van der Waals surface area contributed by atoms with E-state index in [9.17, 15) is 4.39 Å². The van der Waals surface area contributed by atoms with Crippen molar-refractivity contribution in [1.82, 2.24) is 5.32 Å². The van der Waals surface area contributed by atoms with Gasteiger partial charge < -0.3 is 5.32 Å². The maximum Gasteiger partial charge on any atom is 0.126 e. The third kappa shape index (κ3) is 2.43. The molecule has 1 nitrogen and oxygen atoms in total. The number of rotatable bonds is 5. The van der Waals surface area contributed by atoms with E-state index in [1.54, 1.807) is 6.07 Å². The molecule has 1 N–H and O–H groups in total. The summed E-state index contributed by atoms with van der Waals surface area (Å²) in [7, 11) is 0. The predicted molar refractivity (Wildman–Crippen MR) is 76.5 cm³/mol. The molecule has 2 fully saturated rings. The Morgan fingerprint density at radius 3 is 2.68 bits per heavy atom. The van der Waals surface area contributed by atoms with Crippen LogP contribution in [0.25, 0.3) is 0 Å². The maximum atomic E-state index is 13.8. The summed E-state index contributed by atoms with van der Waals surface area (Å²) in [6.07, 6.45) is 5.30. The minimum Gasteiger partial charge on any atom is -0.310 e. The second-order valence-electron chi connectivity index (χ2n) is 6.28. The van der Waals surface area contributed by atoms with Gasteiger partial charge in [0.05, 0.1) is 0 Å². The molecule has 0 radical (unpaired) electrons. The van der Waals surface area contributed by atoms with Gasteiger partial charge in [0, 0.05) is 6.04 Å². The Kier molecular flexibility index (Phi) is 3.62. The lowest BCUT2D eigenvalue weighted by molar-refractivity contribution is 0.416. The van der Waals surface area contributed by atoms with Crippen molar-refractivity contribution in [3.8, 4) is 0 Å². The van der Waals surface area contributed by atoms with Crippen molar-refractivity contribution in [3.63, 3.8) is 0 Å². The summed E-state index contributed by atoms with van der Waals surface area (Å²) in [5.41, 5.74) is 1.89. The second-order valence-corrected chi connectivity index (χ2v) is 6.28. The zero-order chi connectivity index (χ0) is 13.4. The van der Waals surface area contributed by atoms with E-state index in [0.29, 0.717) is 6.04 Å². The molecule has 3 rings (SSSR count). The van der Waals surface area contributed by atoms with Crippen LogP contribution in [0, 0.1) is 30.5 Å². The second kappa shape index (κ2) is 5.24. The number of benzene rings is 1. The van der Waals surface area contributed by atoms with E-state index in [1.165, 1.54) is 19.3 Å². The highest BCUT2D eigenvalue weighted by Crippen LogP contribution is 2.62. The van der Waals surface area contributed by atoms with Crippen molar-refractivity contribution in [2.24, 2.45) is 17.8 Å². The average Bonchev–Trinajstić information content (AvgIpc) is 2.86. The molecule has 0 spiro atoms. The maximum absolute atomic E-state index is 13.8. The molecular weight excluding hydrogens is 237 g/mol. The average molecular weight is 261 g/mol. The molecule has 3 atom stereocenters. The standard InChI is InChI=1S/C17H24FN/c1-3-9-19-17(16-13-5-4-6-14(13)16)12-8-7-11(2)15(18)10-12/h7-8,10,13-14,16-17,19H,3-6,9H2,1-2H3. The number of hydrogen-bond acceptors (Lipinski definition) is 1. The fraction of sp³-hybridized carbons (Fsp3) is 0.647. The molecule has 2 heteroatoms. The fourth-order valence-electron chi connectivity index (χ4n) is 3.95. The molecule has 19 heavy (non-hydrogen) atoms. The van der Waals surface area contributed by atoms with Crippen LogP contribution >= 0.6 is 0 Å². The molecule has 0 saturated heterocycles. The first-order valence-corrected chi connectivity index (χ1v) is 7.71. The molecule has 3 unspecified atom stereocenters. The topological polar surface area (TPSA) is 12.0 Å². The molecule has 0 amide bonds. The Morgan fingerprint density at radius 1 is 1.32 bits per heavy atom. The Bertz CT molecular complexity index is 447. The van der Waals surface area contributed by atoms with Crippen molar-refractivity contribution < 1.29 is 4.39 Å². The van der Waals surface area contributed by atoms with Gasteiger partial charge in [0.25, 0.3) is 0 Å². The van der Waals surface area contributed by atoms with Crippen LogP contribution in [0.2, 0.25) is 0 Å². The van der Waals surface area contributed by atoms with Gasteiger partial charge >= 0.3 is 0 Å². The van der Waals surface area contributed by atoms with Crippen LogP contribution in [0.1, 0.15) is 49.8 Å². The van der Waals surface area contributed by atoms with E-state index in [1.807, 2.05) is 13.0 Å². The molecule has 0 aliphatic heterocycles. The minimum absolute atomic E-state index is 0.0633. The number of fused-ring (bicyclic) bond motifs is 1. The Hall–Kier alpha value is -0.890. The van der Waals surface area contributed by atoms with Gasteiger partial charge in [-0.1, -0.05) is 25.5 Å². The van der Waals surface area contributed by atoms with Crippen LogP contribution in [-0.2, 0) is 0 Å². The van der Waals surface area contributed by atoms with E-state index in [4.69, 9.17) is 0 Å². The van der Waals surface area contributed by atoms with Gasteiger partial charge in [0.2, 0.25) is 0 Å². The van der Waals surface area contributed by atoms with E-state index in [-0.39, 0.29) is 5.82 Å². The summed E-state index contributed by atoms with van der Waals surface area (Å²) in [6, 6.07) is 6.14. The minimum atomic E-state index is -0.0633. The van der Waals surface area contributed by atoms with E-state index in [2.05, 4.69) is 18.3 Å². The lowest BCUT2D eigenvalue weighted by atomic mass is 9.96. The van der Waals surface area contributed by atoms with Gasteiger partial charge in [-0.3, -0.25) is 0 Å². The molecule has 2 aliphatic carbocycles. The van der Waals surface area contributed by atoms with Crippen molar-refractivity contribution in [1.29, 1.82) is 0 Å². The van der Waals surface area contributed by atoms with Crippen LogP contribution in [0.5, 0.6) is 0 Å². The largest absolute Gasteiger partial charge is 0.310 e. The lowest BCUT2D eigenvalue weighted by Gasteiger charge is -2.21. The highest BCUT2D eigenvalue weighted by molar-refractivity contribution is 5.28. The quantitative estimate of drug-likeness (QED) is 0.836. The third-order valence-corrected chi connectivity index (χ3v) is 5.03. The van der Waals surface area contributed by atoms with E-state index >= 15 is 0 Å². The Morgan fingerprint density at radius 2 is 2.05 bits per heavy atom. The highest BCUT2D eigenvalue weighted by atomic mass is 19.1. The summed E-state index contributed by atoms with van der Waals surface area (Å²) in [5.74, 6) is 2.49. The number of hydrogen-bond donors (Lipinski definition) is 1. The molecule has 1 aromatic carbocycles. The third-order valence-electron chi connectivity index (χ3n) is 5.03. The van der Waals surface area contributed by atoms with Gasteiger partial charge in [-0.2, -0.15) is 0 Å². The van der Waals surface area contributed by atoms with Crippen LogP contribution in [-0.4, -0.2) is 6.54 Å². The molecule has 1 aromatic rings. The van der Waals surface area contributed by atoms with E-state index in [0.717, 1.165) is 41.8 Å². The molecule has 104 valence electrons. The molecule has 0 aromatic heterocycles. The Balaban J connectivity index is 1.80. The summed E-state index contributed by atoms with van der Waals surface area (Å²) in [6.45, 7) is 5.04. The summed E-state index contributed by atoms with van der Waals surface area (Å²) in [4.78, 5) is 0. The highest BCUT2D eigenvalue weighted by Gasteiger charge is 2.55. The molecule has 2 aliphatic rings. The SMILES string of the molecule is CCCNC(c1ccc(C)c(F)c1)C1C2CCCC21. The predicted octanol–water partition coefficient (Wildman–Crippen LogP) is 4.22. The monoisotopic (exact) mass is 261 g/mol. The lowest BCUT2D eigenvalue weighted by Crippen LogP contribution is -2.25. The van der Waals surface area contributed by atoms with Crippen LogP contribution in [0.3, 0.4) is 0 Å². The molecule has 2 saturated carbocycles. The first-order valence-electron chi connectivity index (χ1n) is 7.71. The van der Waals surface area contributed by atoms with Gasteiger partial charge in [-0.25, -0.2) is 4.39 Å².